The van der Waals surface area contributed by atoms with E-state index in [-0.39, 0.29) is 23.2 Å². The van der Waals surface area contributed by atoms with E-state index in [0.29, 0.717) is 23.6 Å². The number of hydrogen-bond donors (Lipinski definition) is 1. The van der Waals surface area contributed by atoms with Crippen molar-refractivity contribution >= 4 is 50.7 Å². The van der Waals surface area contributed by atoms with Crippen molar-refractivity contribution < 1.29 is 18.0 Å². The van der Waals surface area contributed by atoms with Crippen LogP contribution in [0.5, 0.6) is 0 Å². The van der Waals surface area contributed by atoms with Crippen molar-refractivity contribution in [2.45, 2.75) is 32.9 Å². The van der Waals surface area contributed by atoms with Crippen LogP contribution in [0.2, 0.25) is 10.0 Å². The van der Waals surface area contributed by atoms with E-state index in [0.717, 1.165) is 10.6 Å². The average molecular weight is 500 g/mol. The highest BCUT2D eigenvalue weighted by molar-refractivity contribution is 7.92. The van der Waals surface area contributed by atoms with Crippen LogP contribution in [0.3, 0.4) is 0 Å². The number of amides is 2. The fourth-order valence-corrected chi connectivity index (χ4v) is 4.62. The maximum atomic E-state index is 13.5. The summed E-state index contributed by atoms with van der Waals surface area (Å²) in [5, 5.41) is 3.38. The fourth-order valence-electron chi connectivity index (χ4n) is 3.27. The molecule has 0 spiro atoms. The normalized spacial score (nSPS) is 12.2. The molecule has 7 nitrogen and oxygen atoms in total. The number of nitrogens with one attached hydrogen (secondary N) is 1. The van der Waals surface area contributed by atoms with Gasteiger partial charge in [0.05, 0.1) is 17.0 Å². The molecule has 0 bridgehead atoms. The van der Waals surface area contributed by atoms with Crippen LogP contribution >= 0.6 is 23.2 Å². The van der Waals surface area contributed by atoms with Crippen LogP contribution in [-0.4, -0.2) is 50.5 Å². The van der Waals surface area contributed by atoms with Gasteiger partial charge in [-0.15, -0.1) is 0 Å². The standard InChI is InChI=1S/C22H27Cl2N3O4S/c1-4-19(22(29)25-5-2)26(14-16-10-6-7-11-17(16)23)21(28)15-27(32(3,30)31)20-13-9-8-12-18(20)24/h6-13,19H,4-5,14-15H2,1-3H3,(H,25,29)/t19-/m0/s1. The summed E-state index contributed by atoms with van der Waals surface area (Å²) >= 11 is 12.5. The smallest absolute Gasteiger partial charge is 0.244 e. The fraction of sp³-hybridized carbons (Fsp3) is 0.364. The molecule has 0 aliphatic rings. The van der Waals surface area contributed by atoms with Gasteiger partial charge in [-0.1, -0.05) is 60.5 Å². The molecule has 2 aromatic rings. The molecule has 0 saturated heterocycles. The number of halogens is 2. The quantitative estimate of drug-likeness (QED) is 0.539. The summed E-state index contributed by atoms with van der Waals surface area (Å²) in [7, 11) is -3.84. The number of hydrogen-bond acceptors (Lipinski definition) is 4. The lowest BCUT2D eigenvalue weighted by Crippen LogP contribution is -2.52. The summed E-state index contributed by atoms with van der Waals surface area (Å²) in [4.78, 5) is 27.5. The molecule has 0 unspecified atom stereocenters. The van der Waals surface area contributed by atoms with Gasteiger partial charge in [-0.25, -0.2) is 8.42 Å². The molecular formula is C22H27Cl2N3O4S. The van der Waals surface area contributed by atoms with Gasteiger partial charge in [-0.2, -0.15) is 0 Å². The Morgan fingerprint density at radius 3 is 2.12 bits per heavy atom. The van der Waals surface area contributed by atoms with Gasteiger partial charge < -0.3 is 10.2 Å². The molecule has 2 rings (SSSR count). The van der Waals surface area contributed by atoms with Crippen molar-refractivity contribution in [3.8, 4) is 0 Å². The molecule has 1 atom stereocenters. The highest BCUT2D eigenvalue weighted by atomic mass is 35.5. The Morgan fingerprint density at radius 1 is 1.00 bits per heavy atom. The number of para-hydroxylation sites is 1. The lowest BCUT2D eigenvalue weighted by molar-refractivity contribution is -0.140. The molecule has 174 valence electrons. The van der Waals surface area contributed by atoms with Crippen LogP contribution in [0.25, 0.3) is 0 Å². The van der Waals surface area contributed by atoms with Crippen LogP contribution in [0, 0.1) is 0 Å². The minimum Gasteiger partial charge on any atom is -0.355 e. The maximum Gasteiger partial charge on any atom is 0.244 e. The van der Waals surface area contributed by atoms with Gasteiger partial charge in [0.2, 0.25) is 21.8 Å². The van der Waals surface area contributed by atoms with Crippen LogP contribution in [0.4, 0.5) is 5.69 Å². The summed E-state index contributed by atoms with van der Waals surface area (Å²) in [6.07, 6.45) is 1.34. The van der Waals surface area contributed by atoms with Crippen molar-refractivity contribution in [3.63, 3.8) is 0 Å². The first kappa shape index (κ1) is 26.0. The van der Waals surface area contributed by atoms with E-state index in [1.54, 1.807) is 56.3 Å². The molecule has 1 N–H and O–H groups in total. The summed E-state index contributed by atoms with van der Waals surface area (Å²) < 4.78 is 26.0. The van der Waals surface area contributed by atoms with E-state index in [9.17, 15) is 18.0 Å². The number of carbonyl (C=O) groups is 2. The third-order valence-corrected chi connectivity index (χ3v) is 6.65. The zero-order valence-electron chi connectivity index (χ0n) is 18.2. The monoisotopic (exact) mass is 499 g/mol. The van der Waals surface area contributed by atoms with Crippen molar-refractivity contribution in [1.29, 1.82) is 0 Å². The van der Waals surface area contributed by atoms with E-state index in [2.05, 4.69) is 5.32 Å². The third kappa shape index (κ3) is 6.60. The second-order valence-corrected chi connectivity index (χ2v) is 9.87. The average Bonchev–Trinajstić information content (AvgIpc) is 2.73. The first-order valence-corrected chi connectivity index (χ1v) is 12.7. The molecular weight excluding hydrogens is 473 g/mol. The van der Waals surface area contributed by atoms with Crippen LogP contribution in [0.1, 0.15) is 25.8 Å². The van der Waals surface area contributed by atoms with Crippen molar-refractivity contribution in [1.82, 2.24) is 10.2 Å². The van der Waals surface area contributed by atoms with Gasteiger partial charge in [-0.3, -0.25) is 13.9 Å². The summed E-state index contributed by atoms with van der Waals surface area (Å²) in [6.45, 7) is 3.51. The van der Waals surface area contributed by atoms with E-state index in [4.69, 9.17) is 23.2 Å². The highest BCUT2D eigenvalue weighted by Gasteiger charge is 2.32. The van der Waals surface area contributed by atoms with Gasteiger partial charge >= 0.3 is 0 Å². The zero-order valence-corrected chi connectivity index (χ0v) is 20.5. The molecule has 0 fully saturated rings. The lowest BCUT2D eigenvalue weighted by Gasteiger charge is -2.33. The molecule has 2 aromatic carbocycles. The molecule has 32 heavy (non-hydrogen) atoms. The topological polar surface area (TPSA) is 86.8 Å². The van der Waals surface area contributed by atoms with Crippen molar-refractivity contribution in [2.75, 3.05) is 23.7 Å². The first-order chi connectivity index (χ1) is 15.1. The molecule has 0 saturated carbocycles. The number of carbonyl (C=O) groups excluding carboxylic acids is 2. The van der Waals surface area contributed by atoms with E-state index >= 15 is 0 Å². The maximum absolute atomic E-state index is 13.5. The molecule has 0 heterocycles. The second-order valence-electron chi connectivity index (χ2n) is 7.15. The van der Waals surface area contributed by atoms with Gasteiger partial charge in [0.15, 0.2) is 0 Å². The van der Waals surface area contributed by atoms with E-state index < -0.39 is 28.5 Å². The Bertz CT molecular complexity index is 1060. The number of benzene rings is 2. The molecule has 0 aliphatic heterocycles. The molecule has 0 aromatic heterocycles. The van der Waals surface area contributed by atoms with E-state index in [1.165, 1.54) is 11.0 Å². The number of nitrogens with zero attached hydrogens (tertiary/aromatic N) is 2. The summed E-state index contributed by atoms with van der Waals surface area (Å²) in [6, 6.07) is 12.6. The van der Waals surface area contributed by atoms with Crippen LogP contribution < -0.4 is 9.62 Å². The Labute approximate surface area is 199 Å². The number of sulfonamides is 1. The summed E-state index contributed by atoms with van der Waals surface area (Å²) in [5.74, 6) is -0.868. The number of likely N-dealkylation sites (N-methyl/N-ethyl adjacent to an activating group) is 1. The molecule has 10 heteroatoms. The van der Waals surface area contributed by atoms with Gasteiger partial charge in [0.1, 0.15) is 12.6 Å². The molecule has 0 radical (unpaired) electrons. The van der Waals surface area contributed by atoms with Crippen molar-refractivity contribution in [2.24, 2.45) is 0 Å². The second kappa shape index (κ2) is 11.5. The Kier molecular flexibility index (Phi) is 9.36. The SMILES string of the molecule is CCNC(=O)[C@H](CC)N(Cc1ccccc1Cl)C(=O)CN(c1ccccc1Cl)S(C)(=O)=O. The Morgan fingerprint density at radius 2 is 1.59 bits per heavy atom. The highest BCUT2D eigenvalue weighted by Crippen LogP contribution is 2.28. The van der Waals surface area contributed by atoms with Crippen LogP contribution in [0.15, 0.2) is 48.5 Å². The zero-order chi connectivity index (χ0) is 23.9. The largest absolute Gasteiger partial charge is 0.355 e. The number of rotatable bonds is 10. The molecule has 0 aliphatic carbocycles. The minimum absolute atomic E-state index is 0.0499. The Balaban J connectivity index is 2.46. The third-order valence-electron chi connectivity index (χ3n) is 4.84. The predicted molar refractivity (Wildman–Crippen MR) is 128 cm³/mol. The first-order valence-electron chi connectivity index (χ1n) is 10.1. The van der Waals surface area contributed by atoms with Gasteiger partial charge in [0.25, 0.3) is 0 Å². The summed E-state index contributed by atoms with van der Waals surface area (Å²) in [5.41, 5.74) is 0.836. The van der Waals surface area contributed by atoms with E-state index in [1.807, 2.05) is 0 Å². The lowest BCUT2D eigenvalue weighted by atomic mass is 10.1. The van der Waals surface area contributed by atoms with Crippen molar-refractivity contribution in [3.05, 3.63) is 64.1 Å². The Hall–Kier alpha value is -2.29. The predicted octanol–water partition coefficient (Wildman–Crippen LogP) is 3.70. The minimum atomic E-state index is -3.84. The molecule has 2 amide bonds. The number of anilines is 1. The van der Waals surface area contributed by atoms with Gasteiger partial charge in [-0.05, 0) is 37.1 Å². The van der Waals surface area contributed by atoms with Gasteiger partial charge in [0, 0.05) is 18.1 Å². The van der Waals surface area contributed by atoms with Crippen LogP contribution in [-0.2, 0) is 26.2 Å².